The summed E-state index contributed by atoms with van der Waals surface area (Å²) in [5.41, 5.74) is 2.11. The van der Waals surface area contributed by atoms with Crippen LogP contribution in [0.2, 0.25) is 0 Å². The van der Waals surface area contributed by atoms with Gasteiger partial charge in [-0.05, 0) is 47.1 Å². The van der Waals surface area contributed by atoms with E-state index < -0.39 is 0 Å². The molecular weight excluding hydrogens is 363 g/mol. The zero-order valence-corrected chi connectivity index (χ0v) is 14.2. The molecule has 0 atom stereocenters. The monoisotopic (exact) mass is 382 g/mol. The van der Waals surface area contributed by atoms with Crippen molar-refractivity contribution in [3.63, 3.8) is 0 Å². The first-order chi connectivity index (χ1) is 9.60. The molecule has 0 aliphatic carbocycles. The van der Waals surface area contributed by atoms with Gasteiger partial charge in [0, 0.05) is 18.9 Å². The molecule has 0 saturated heterocycles. The molecule has 5 heteroatoms. The van der Waals surface area contributed by atoms with Crippen LogP contribution in [0.5, 0.6) is 0 Å². The Labute approximate surface area is 133 Å². The van der Waals surface area contributed by atoms with Crippen LogP contribution in [0.3, 0.4) is 0 Å². The summed E-state index contributed by atoms with van der Waals surface area (Å²) in [6.45, 7) is 4.41. The van der Waals surface area contributed by atoms with Gasteiger partial charge in [0.15, 0.2) is 0 Å². The molecule has 0 saturated carbocycles. The molecule has 1 N–H and O–H groups in total. The van der Waals surface area contributed by atoms with Crippen LogP contribution in [0, 0.1) is 9.49 Å². The lowest BCUT2D eigenvalue weighted by Crippen LogP contribution is -2.10. The molecule has 0 bridgehead atoms. The zero-order valence-electron chi connectivity index (χ0n) is 12.0. The highest BCUT2D eigenvalue weighted by atomic mass is 127. The number of pyridine rings is 1. The normalized spacial score (nSPS) is 10.8. The Hall–Kier alpha value is -1.24. The second-order valence-electron chi connectivity index (χ2n) is 5.09. The molecule has 0 aliphatic heterocycles. The molecule has 0 amide bonds. The van der Waals surface area contributed by atoms with Gasteiger partial charge in [0.05, 0.1) is 15.7 Å². The smallest absolute Gasteiger partial charge is 0.143 e. The van der Waals surface area contributed by atoms with Gasteiger partial charge in [0.25, 0.3) is 0 Å². The second-order valence-corrected chi connectivity index (χ2v) is 6.17. The summed E-state index contributed by atoms with van der Waals surface area (Å²) in [6, 6.07) is 5.91. The SMILES string of the molecule is CNc1nc(Cc2ccccn2)nc(CC(C)C)c1I. The van der Waals surface area contributed by atoms with E-state index in [0.29, 0.717) is 12.3 Å². The van der Waals surface area contributed by atoms with Crippen LogP contribution in [0.15, 0.2) is 24.4 Å². The van der Waals surface area contributed by atoms with Gasteiger partial charge < -0.3 is 5.32 Å². The van der Waals surface area contributed by atoms with Gasteiger partial charge in [-0.2, -0.15) is 0 Å². The third-order valence-corrected chi connectivity index (χ3v) is 4.00. The van der Waals surface area contributed by atoms with Gasteiger partial charge in [0.2, 0.25) is 0 Å². The summed E-state index contributed by atoms with van der Waals surface area (Å²) in [6.07, 6.45) is 3.43. The highest BCUT2D eigenvalue weighted by molar-refractivity contribution is 14.1. The topological polar surface area (TPSA) is 50.7 Å². The van der Waals surface area contributed by atoms with Crippen molar-refractivity contribution in [1.82, 2.24) is 15.0 Å². The first kappa shape index (κ1) is 15.2. The third kappa shape index (κ3) is 3.88. The summed E-state index contributed by atoms with van der Waals surface area (Å²) >= 11 is 2.32. The molecule has 2 rings (SSSR count). The largest absolute Gasteiger partial charge is 0.372 e. The van der Waals surface area contributed by atoms with Crippen LogP contribution in [0.25, 0.3) is 0 Å². The Balaban J connectivity index is 2.33. The van der Waals surface area contributed by atoms with Crippen molar-refractivity contribution in [2.24, 2.45) is 5.92 Å². The minimum absolute atomic E-state index is 0.575. The summed E-state index contributed by atoms with van der Waals surface area (Å²) in [7, 11) is 1.90. The molecule has 106 valence electrons. The Morgan fingerprint density at radius 3 is 2.65 bits per heavy atom. The van der Waals surface area contributed by atoms with Gasteiger partial charge in [-0.15, -0.1) is 0 Å². The molecule has 0 aromatic carbocycles. The average molecular weight is 382 g/mol. The highest BCUT2D eigenvalue weighted by Crippen LogP contribution is 2.22. The molecular formula is C15H19IN4. The molecule has 20 heavy (non-hydrogen) atoms. The molecule has 0 spiro atoms. The fraction of sp³-hybridized carbons (Fsp3) is 0.400. The minimum atomic E-state index is 0.575. The van der Waals surface area contributed by atoms with Crippen LogP contribution < -0.4 is 5.32 Å². The lowest BCUT2D eigenvalue weighted by Gasteiger charge is -2.12. The summed E-state index contributed by atoms with van der Waals surface area (Å²) in [4.78, 5) is 13.6. The van der Waals surface area contributed by atoms with E-state index in [1.807, 2.05) is 25.2 Å². The number of rotatable bonds is 5. The predicted molar refractivity (Wildman–Crippen MR) is 89.9 cm³/mol. The summed E-state index contributed by atoms with van der Waals surface area (Å²) in [5, 5.41) is 3.16. The predicted octanol–water partition coefficient (Wildman–Crippen LogP) is 3.31. The molecule has 4 nitrogen and oxygen atoms in total. The Morgan fingerprint density at radius 2 is 2.05 bits per heavy atom. The van der Waals surface area contributed by atoms with Gasteiger partial charge in [-0.3, -0.25) is 4.98 Å². The first-order valence-electron chi connectivity index (χ1n) is 6.73. The second kappa shape index (κ2) is 6.97. The lowest BCUT2D eigenvalue weighted by molar-refractivity contribution is 0.628. The fourth-order valence-electron chi connectivity index (χ4n) is 1.98. The molecule has 0 unspecified atom stereocenters. The van der Waals surface area contributed by atoms with E-state index in [4.69, 9.17) is 4.98 Å². The van der Waals surface area contributed by atoms with Gasteiger partial charge in [0.1, 0.15) is 11.6 Å². The zero-order chi connectivity index (χ0) is 14.5. The molecule has 2 aromatic heterocycles. The van der Waals surface area contributed by atoms with Crippen LogP contribution in [-0.2, 0) is 12.8 Å². The highest BCUT2D eigenvalue weighted by Gasteiger charge is 2.13. The summed E-state index contributed by atoms with van der Waals surface area (Å²) < 4.78 is 1.11. The van der Waals surface area contributed by atoms with Crippen molar-refractivity contribution >= 4 is 28.4 Å². The number of aromatic nitrogens is 3. The van der Waals surface area contributed by atoms with E-state index in [2.05, 4.69) is 51.7 Å². The molecule has 0 radical (unpaired) electrons. The first-order valence-corrected chi connectivity index (χ1v) is 7.81. The van der Waals surface area contributed by atoms with Gasteiger partial charge in [-0.1, -0.05) is 19.9 Å². The average Bonchev–Trinajstić information content (AvgIpc) is 2.43. The van der Waals surface area contributed by atoms with Crippen LogP contribution in [0.4, 0.5) is 5.82 Å². The molecule has 0 aliphatic rings. The van der Waals surface area contributed by atoms with E-state index in [9.17, 15) is 0 Å². The standard InChI is InChI=1S/C15H19IN4/c1-10(2)8-12-14(16)15(17-3)20-13(19-12)9-11-6-4-5-7-18-11/h4-7,10H,8-9H2,1-3H3,(H,17,19,20). The van der Waals surface area contributed by atoms with Crippen molar-refractivity contribution in [3.05, 3.63) is 45.2 Å². The van der Waals surface area contributed by atoms with E-state index in [0.717, 1.165) is 33.0 Å². The van der Waals surface area contributed by atoms with E-state index in [1.54, 1.807) is 6.20 Å². The Morgan fingerprint density at radius 1 is 1.25 bits per heavy atom. The van der Waals surface area contributed by atoms with Crippen molar-refractivity contribution in [1.29, 1.82) is 0 Å². The quantitative estimate of drug-likeness (QED) is 0.807. The Kier molecular flexibility index (Phi) is 5.28. The number of nitrogens with one attached hydrogen (secondary N) is 1. The summed E-state index contributed by atoms with van der Waals surface area (Å²) in [5.74, 6) is 2.30. The number of halogens is 1. The molecule has 2 heterocycles. The van der Waals surface area contributed by atoms with Gasteiger partial charge >= 0.3 is 0 Å². The van der Waals surface area contributed by atoms with E-state index >= 15 is 0 Å². The number of nitrogens with zero attached hydrogens (tertiary/aromatic N) is 3. The van der Waals surface area contributed by atoms with Crippen molar-refractivity contribution in [2.75, 3.05) is 12.4 Å². The van der Waals surface area contributed by atoms with Gasteiger partial charge in [-0.25, -0.2) is 9.97 Å². The van der Waals surface area contributed by atoms with Crippen molar-refractivity contribution in [3.8, 4) is 0 Å². The van der Waals surface area contributed by atoms with Crippen LogP contribution in [0.1, 0.15) is 31.1 Å². The van der Waals surface area contributed by atoms with Crippen molar-refractivity contribution in [2.45, 2.75) is 26.7 Å². The van der Waals surface area contributed by atoms with Crippen molar-refractivity contribution < 1.29 is 0 Å². The minimum Gasteiger partial charge on any atom is -0.372 e. The van der Waals surface area contributed by atoms with E-state index in [1.165, 1.54) is 0 Å². The number of hydrogen-bond acceptors (Lipinski definition) is 4. The third-order valence-electron chi connectivity index (χ3n) is 2.87. The maximum Gasteiger partial charge on any atom is 0.143 e. The molecule has 2 aromatic rings. The van der Waals surface area contributed by atoms with Crippen LogP contribution in [-0.4, -0.2) is 22.0 Å². The number of anilines is 1. The number of hydrogen-bond donors (Lipinski definition) is 1. The maximum atomic E-state index is 4.72. The fourth-order valence-corrected chi connectivity index (χ4v) is 2.71. The van der Waals surface area contributed by atoms with Crippen LogP contribution >= 0.6 is 22.6 Å². The lowest BCUT2D eigenvalue weighted by atomic mass is 10.1. The maximum absolute atomic E-state index is 4.72. The molecule has 0 fully saturated rings. The van der Waals surface area contributed by atoms with E-state index in [-0.39, 0.29) is 0 Å². The Bertz CT molecular complexity index is 570.